The number of rotatable bonds is 7. The van der Waals surface area contributed by atoms with Crippen molar-refractivity contribution in [3.8, 4) is 0 Å². The van der Waals surface area contributed by atoms with Crippen LogP contribution in [0.1, 0.15) is 16.7 Å². The predicted molar refractivity (Wildman–Crippen MR) is 84.1 cm³/mol. The summed E-state index contributed by atoms with van der Waals surface area (Å²) in [6.45, 7) is 4.20. The first-order chi connectivity index (χ1) is 9.52. The van der Waals surface area contributed by atoms with Gasteiger partial charge >= 0.3 is 5.97 Å². The highest BCUT2D eigenvalue weighted by molar-refractivity contribution is 8.01. The van der Waals surface area contributed by atoms with Crippen molar-refractivity contribution in [2.45, 2.75) is 30.6 Å². The molecule has 0 radical (unpaired) electrons. The van der Waals surface area contributed by atoms with Crippen molar-refractivity contribution >= 4 is 45.5 Å². The molecular weight excluding hydrogens is 314 g/mol. The molecule has 1 unspecified atom stereocenters. The Morgan fingerprint density at radius 3 is 2.90 bits per heavy atom. The van der Waals surface area contributed by atoms with Crippen LogP contribution in [0, 0.1) is 6.92 Å². The van der Waals surface area contributed by atoms with Gasteiger partial charge in [0.15, 0.2) is 4.34 Å². The van der Waals surface area contributed by atoms with Crippen molar-refractivity contribution in [3.05, 3.63) is 21.9 Å². The quantitative estimate of drug-likeness (QED) is 0.760. The van der Waals surface area contributed by atoms with E-state index in [1.54, 1.807) is 11.3 Å². The molecule has 0 amide bonds. The first-order valence-electron chi connectivity index (χ1n) is 6.03. The third-order valence-electron chi connectivity index (χ3n) is 2.40. The summed E-state index contributed by atoms with van der Waals surface area (Å²) in [4.78, 5) is 13.1. The summed E-state index contributed by atoms with van der Waals surface area (Å²) in [5, 5.41) is 20.6. The van der Waals surface area contributed by atoms with Gasteiger partial charge in [-0.15, -0.1) is 21.5 Å². The molecule has 0 aliphatic rings. The molecule has 20 heavy (non-hydrogen) atoms. The van der Waals surface area contributed by atoms with E-state index in [-0.39, 0.29) is 11.8 Å². The van der Waals surface area contributed by atoms with E-state index in [0.29, 0.717) is 4.34 Å². The molecule has 2 aromatic rings. The van der Waals surface area contributed by atoms with Crippen LogP contribution in [0.4, 0.5) is 5.13 Å². The number of aliphatic carboxylic acids is 1. The molecule has 5 nitrogen and oxygen atoms in total. The van der Waals surface area contributed by atoms with Crippen LogP contribution in [0.2, 0.25) is 0 Å². The number of carboxylic acid groups (broad SMARTS) is 1. The van der Waals surface area contributed by atoms with Gasteiger partial charge in [-0.25, -0.2) is 0 Å². The zero-order valence-corrected chi connectivity index (χ0v) is 13.6. The van der Waals surface area contributed by atoms with E-state index in [2.05, 4.69) is 41.5 Å². The number of thiophene rings is 1. The van der Waals surface area contributed by atoms with Crippen LogP contribution in [-0.2, 0) is 11.2 Å². The molecule has 0 saturated heterocycles. The van der Waals surface area contributed by atoms with Crippen molar-refractivity contribution in [1.82, 2.24) is 10.2 Å². The Morgan fingerprint density at radius 2 is 2.25 bits per heavy atom. The number of hydrogen-bond acceptors (Lipinski definition) is 7. The Hall–Kier alpha value is -1.12. The fraction of sp³-hybridized carbons (Fsp3) is 0.417. The highest BCUT2D eigenvalue weighted by Gasteiger charge is 2.10. The number of nitrogens with one attached hydrogen (secondary N) is 1. The second-order valence-electron chi connectivity index (χ2n) is 4.32. The maximum Gasteiger partial charge on any atom is 0.313 e. The third-order valence-corrected chi connectivity index (χ3v) is 5.39. The largest absolute Gasteiger partial charge is 0.481 e. The second-order valence-corrected chi connectivity index (χ2v) is 7.89. The zero-order chi connectivity index (χ0) is 14.5. The summed E-state index contributed by atoms with van der Waals surface area (Å²) in [7, 11) is 0. The molecule has 2 heterocycles. The first-order valence-corrected chi connectivity index (χ1v) is 8.64. The number of carboxylic acids is 1. The molecule has 2 N–H and O–H groups in total. The minimum Gasteiger partial charge on any atom is -0.481 e. The van der Waals surface area contributed by atoms with E-state index >= 15 is 0 Å². The molecule has 1 atom stereocenters. The Morgan fingerprint density at radius 1 is 1.45 bits per heavy atom. The Balaban J connectivity index is 1.84. The maximum absolute atomic E-state index is 10.5. The van der Waals surface area contributed by atoms with Gasteiger partial charge in [-0.3, -0.25) is 4.79 Å². The normalized spacial score (nSPS) is 12.3. The highest BCUT2D eigenvalue weighted by Crippen LogP contribution is 2.26. The van der Waals surface area contributed by atoms with Crippen LogP contribution in [-0.4, -0.2) is 33.1 Å². The van der Waals surface area contributed by atoms with E-state index in [1.165, 1.54) is 32.9 Å². The summed E-state index contributed by atoms with van der Waals surface area (Å²) in [5.41, 5.74) is 0. The number of hydrogen-bond donors (Lipinski definition) is 2. The van der Waals surface area contributed by atoms with E-state index in [0.717, 1.165) is 11.6 Å². The molecule has 0 spiro atoms. The van der Waals surface area contributed by atoms with E-state index in [9.17, 15) is 4.79 Å². The summed E-state index contributed by atoms with van der Waals surface area (Å²) in [6.07, 6.45) is 0.940. The highest BCUT2D eigenvalue weighted by atomic mass is 32.2. The number of aryl methyl sites for hydroxylation is 1. The standard InChI is InChI=1S/C12H15N3O2S3/c1-7(5-9-4-3-8(2)19-9)13-11-14-15-12(20-11)18-6-10(16)17/h3-4,7H,5-6H2,1-2H3,(H,13,14)(H,16,17). The minimum atomic E-state index is -0.846. The Kier molecular flexibility index (Phi) is 5.38. The molecule has 0 bridgehead atoms. The molecular formula is C12H15N3O2S3. The van der Waals surface area contributed by atoms with Gasteiger partial charge in [0, 0.05) is 22.2 Å². The van der Waals surface area contributed by atoms with Gasteiger partial charge in [-0.1, -0.05) is 23.1 Å². The van der Waals surface area contributed by atoms with Crippen LogP contribution < -0.4 is 5.32 Å². The molecule has 0 aliphatic carbocycles. The lowest BCUT2D eigenvalue weighted by Gasteiger charge is -2.10. The fourth-order valence-corrected chi connectivity index (χ4v) is 4.21. The summed E-state index contributed by atoms with van der Waals surface area (Å²) >= 11 is 4.38. The SMILES string of the molecule is Cc1ccc(CC(C)Nc2nnc(SCC(=O)O)s2)s1. The number of thioether (sulfide) groups is 1. The number of nitrogens with zero attached hydrogens (tertiary/aromatic N) is 2. The molecule has 0 fully saturated rings. The fourth-order valence-electron chi connectivity index (χ4n) is 1.61. The summed E-state index contributed by atoms with van der Waals surface area (Å²) in [5.74, 6) is -0.834. The third kappa shape index (κ3) is 4.77. The summed E-state index contributed by atoms with van der Waals surface area (Å²) in [6, 6.07) is 4.53. The van der Waals surface area contributed by atoms with Crippen LogP contribution in [0.15, 0.2) is 16.5 Å². The minimum absolute atomic E-state index is 0.0126. The van der Waals surface area contributed by atoms with Crippen LogP contribution in [0.5, 0.6) is 0 Å². The van der Waals surface area contributed by atoms with Gasteiger partial charge in [0.1, 0.15) is 0 Å². The first kappa shape index (κ1) is 15.3. The average molecular weight is 329 g/mol. The van der Waals surface area contributed by atoms with Crippen LogP contribution >= 0.6 is 34.4 Å². The lowest BCUT2D eigenvalue weighted by Crippen LogP contribution is -2.17. The van der Waals surface area contributed by atoms with E-state index in [4.69, 9.17) is 5.11 Å². The van der Waals surface area contributed by atoms with Crippen LogP contribution in [0.25, 0.3) is 0 Å². The monoisotopic (exact) mass is 329 g/mol. The van der Waals surface area contributed by atoms with Gasteiger partial charge in [0.25, 0.3) is 0 Å². The number of anilines is 1. The van der Waals surface area contributed by atoms with Gasteiger partial charge in [-0.05, 0) is 26.0 Å². The molecule has 8 heteroatoms. The van der Waals surface area contributed by atoms with Crippen molar-refractivity contribution in [1.29, 1.82) is 0 Å². The average Bonchev–Trinajstić information content (AvgIpc) is 2.96. The van der Waals surface area contributed by atoms with Gasteiger partial charge in [-0.2, -0.15) is 0 Å². The van der Waals surface area contributed by atoms with Gasteiger partial charge < -0.3 is 10.4 Å². The molecule has 0 aromatic carbocycles. The summed E-state index contributed by atoms with van der Waals surface area (Å²) < 4.78 is 0.675. The molecule has 2 rings (SSSR count). The van der Waals surface area contributed by atoms with Gasteiger partial charge in [0.2, 0.25) is 5.13 Å². The molecule has 0 saturated carbocycles. The number of carbonyl (C=O) groups is 1. The van der Waals surface area contributed by atoms with Gasteiger partial charge in [0.05, 0.1) is 5.75 Å². The maximum atomic E-state index is 10.5. The second kappa shape index (κ2) is 7.05. The number of aromatic nitrogens is 2. The van der Waals surface area contributed by atoms with Crippen molar-refractivity contribution in [3.63, 3.8) is 0 Å². The lowest BCUT2D eigenvalue weighted by molar-refractivity contribution is -0.133. The predicted octanol–water partition coefficient (Wildman–Crippen LogP) is 3.13. The van der Waals surface area contributed by atoms with Crippen molar-refractivity contribution < 1.29 is 9.90 Å². The topological polar surface area (TPSA) is 75.1 Å². The lowest BCUT2D eigenvalue weighted by atomic mass is 10.2. The Bertz CT molecular complexity index is 582. The molecule has 0 aliphatic heterocycles. The van der Waals surface area contributed by atoms with Crippen LogP contribution in [0.3, 0.4) is 0 Å². The molecule has 2 aromatic heterocycles. The van der Waals surface area contributed by atoms with Crippen molar-refractivity contribution in [2.75, 3.05) is 11.1 Å². The smallest absolute Gasteiger partial charge is 0.313 e. The Labute approximate surface area is 129 Å². The molecule has 108 valence electrons. The zero-order valence-electron chi connectivity index (χ0n) is 11.1. The van der Waals surface area contributed by atoms with Crippen molar-refractivity contribution in [2.24, 2.45) is 0 Å². The van der Waals surface area contributed by atoms with E-state index in [1.807, 2.05) is 0 Å². The van der Waals surface area contributed by atoms with E-state index < -0.39 is 5.97 Å².